The van der Waals surface area contributed by atoms with E-state index in [-0.39, 0.29) is 11.3 Å². The van der Waals surface area contributed by atoms with Crippen LogP contribution in [-0.4, -0.2) is 43.1 Å². The summed E-state index contributed by atoms with van der Waals surface area (Å²) in [5, 5.41) is 3.49. The van der Waals surface area contributed by atoms with Crippen molar-refractivity contribution < 1.29 is 14.3 Å². The van der Waals surface area contributed by atoms with Crippen LogP contribution in [0, 0.1) is 0 Å². The van der Waals surface area contributed by atoms with Gasteiger partial charge >= 0.3 is 0 Å². The SMILES string of the molecule is COc1cc2c(cc1OC)CN(CCCCc1ccc(NC(=O)c3cccc4c(=O)cc(-c5ccccc5)[nH]c34)cc1)CC2. The fraction of sp³-hybridized carbons (Fsp3) is 0.243. The molecule has 0 bridgehead atoms. The number of amides is 1. The van der Waals surface area contributed by atoms with E-state index < -0.39 is 0 Å². The summed E-state index contributed by atoms with van der Waals surface area (Å²) in [6.45, 7) is 3.04. The van der Waals surface area contributed by atoms with Crippen LogP contribution in [0.25, 0.3) is 22.2 Å². The number of aromatic nitrogens is 1. The molecule has 1 aromatic heterocycles. The number of carbonyl (C=O) groups is 1. The molecule has 0 fully saturated rings. The lowest BCUT2D eigenvalue weighted by molar-refractivity contribution is 0.102. The highest BCUT2D eigenvalue weighted by Gasteiger charge is 2.19. The van der Waals surface area contributed by atoms with E-state index in [9.17, 15) is 9.59 Å². The maximum Gasteiger partial charge on any atom is 0.257 e. The molecule has 44 heavy (non-hydrogen) atoms. The van der Waals surface area contributed by atoms with E-state index in [2.05, 4.69) is 39.5 Å². The minimum Gasteiger partial charge on any atom is -0.493 e. The van der Waals surface area contributed by atoms with E-state index in [0.29, 0.717) is 22.2 Å². The molecule has 0 spiro atoms. The quantitative estimate of drug-likeness (QED) is 0.175. The number of unbranched alkanes of at least 4 members (excludes halogenated alkanes) is 1. The molecule has 0 unspecified atom stereocenters. The number of carbonyl (C=O) groups excluding carboxylic acids is 1. The third-order valence-electron chi connectivity index (χ3n) is 8.39. The van der Waals surface area contributed by atoms with Crippen molar-refractivity contribution in [2.75, 3.05) is 32.6 Å². The molecule has 0 aliphatic carbocycles. The normalized spacial score (nSPS) is 13.0. The largest absolute Gasteiger partial charge is 0.493 e. The van der Waals surface area contributed by atoms with Crippen molar-refractivity contribution in [3.63, 3.8) is 0 Å². The third kappa shape index (κ3) is 6.38. The summed E-state index contributed by atoms with van der Waals surface area (Å²) in [5.41, 5.74) is 7.03. The summed E-state index contributed by atoms with van der Waals surface area (Å²) < 4.78 is 11.0. The number of H-pyrrole nitrogens is 1. The first-order valence-corrected chi connectivity index (χ1v) is 15.1. The first kappa shape index (κ1) is 29.2. The van der Waals surface area contributed by atoms with Crippen LogP contribution < -0.4 is 20.2 Å². The summed E-state index contributed by atoms with van der Waals surface area (Å²) >= 11 is 0. The summed E-state index contributed by atoms with van der Waals surface area (Å²) in [4.78, 5) is 32.0. The van der Waals surface area contributed by atoms with Gasteiger partial charge in [0.15, 0.2) is 16.9 Å². The number of ether oxygens (including phenoxy) is 2. The number of hydrogen-bond acceptors (Lipinski definition) is 5. The van der Waals surface area contributed by atoms with Gasteiger partial charge in [0, 0.05) is 35.9 Å². The Hall–Kier alpha value is -4.88. The molecule has 0 atom stereocenters. The van der Waals surface area contributed by atoms with Gasteiger partial charge in [0.1, 0.15) is 0 Å². The second-order valence-corrected chi connectivity index (χ2v) is 11.3. The molecule has 0 radical (unpaired) electrons. The highest BCUT2D eigenvalue weighted by atomic mass is 16.5. The van der Waals surface area contributed by atoms with Crippen molar-refractivity contribution in [2.45, 2.75) is 32.2 Å². The molecular weight excluding hydrogens is 550 g/mol. The molecule has 224 valence electrons. The second kappa shape index (κ2) is 13.2. The van der Waals surface area contributed by atoms with Crippen molar-refractivity contribution in [3.05, 3.63) is 123 Å². The lowest BCUT2D eigenvalue weighted by Crippen LogP contribution is -2.31. The molecule has 1 aliphatic heterocycles. The lowest BCUT2D eigenvalue weighted by atomic mass is 9.98. The lowest BCUT2D eigenvalue weighted by Gasteiger charge is -2.29. The van der Waals surface area contributed by atoms with Gasteiger partial charge in [-0.2, -0.15) is 0 Å². The Morgan fingerprint density at radius 2 is 1.61 bits per heavy atom. The van der Waals surface area contributed by atoms with Gasteiger partial charge in [-0.3, -0.25) is 14.5 Å². The molecule has 7 nitrogen and oxygen atoms in total. The average molecular weight is 588 g/mol. The number of fused-ring (bicyclic) bond motifs is 2. The number of methoxy groups -OCH3 is 2. The summed E-state index contributed by atoms with van der Waals surface area (Å²) in [7, 11) is 3.36. The Morgan fingerprint density at radius 1 is 0.864 bits per heavy atom. The number of benzene rings is 4. The number of aryl methyl sites for hydroxylation is 1. The number of pyridine rings is 1. The number of aromatic amines is 1. The first-order chi connectivity index (χ1) is 21.5. The summed E-state index contributed by atoms with van der Waals surface area (Å²) in [6, 6.07) is 28.7. The van der Waals surface area contributed by atoms with Crippen LogP contribution in [0.1, 0.15) is 39.9 Å². The zero-order chi connectivity index (χ0) is 30.5. The highest BCUT2D eigenvalue weighted by molar-refractivity contribution is 6.12. The molecule has 0 saturated carbocycles. The maximum absolute atomic E-state index is 13.3. The van der Waals surface area contributed by atoms with Crippen LogP contribution in [-0.2, 0) is 19.4 Å². The monoisotopic (exact) mass is 587 g/mol. The van der Waals surface area contributed by atoms with Crippen LogP contribution >= 0.6 is 0 Å². The molecule has 1 amide bonds. The summed E-state index contributed by atoms with van der Waals surface area (Å²) in [5.74, 6) is 1.33. The van der Waals surface area contributed by atoms with Crippen LogP contribution in [0.4, 0.5) is 5.69 Å². The van der Waals surface area contributed by atoms with Gasteiger partial charge in [-0.05, 0) is 90.9 Å². The maximum atomic E-state index is 13.3. The van der Waals surface area contributed by atoms with Crippen molar-refractivity contribution in [1.29, 1.82) is 0 Å². The molecule has 4 aromatic carbocycles. The van der Waals surface area contributed by atoms with Gasteiger partial charge in [-0.25, -0.2) is 0 Å². The number of nitrogens with one attached hydrogen (secondary N) is 2. The highest BCUT2D eigenvalue weighted by Crippen LogP contribution is 2.33. The minimum atomic E-state index is -0.261. The standard InChI is InChI=1S/C37H37N3O4/c1-43-34-21-27-18-20-40(24-28(27)22-35(34)44-2)19-7-6-9-25-14-16-29(17-15-25)38-37(42)31-13-8-12-30-33(41)23-32(39-36(30)31)26-10-4-3-5-11-26/h3-5,8,10-17,21-23H,6-7,9,18-20,24H2,1-2H3,(H,38,42)(H,39,41). The van der Waals surface area contributed by atoms with Gasteiger partial charge in [-0.15, -0.1) is 0 Å². The van der Waals surface area contributed by atoms with Gasteiger partial charge in [0.25, 0.3) is 5.91 Å². The Bertz CT molecular complexity index is 1830. The molecule has 6 rings (SSSR count). The van der Waals surface area contributed by atoms with Crippen LogP contribution in [0.3, 0.4) is 0 Å². The predicted octanol–water partition coefficient (Wildman–Crippen LogP) is 6.85. The molecule has 7 heteroatoms. The second-order valence-electron chi connectivity index (χ2n) is 11.3. The molecule has 2 heterocycles. The number of para-hydroxylation sites is 1. The topological polar surface area (TPSA) is 83.7 Å². The molecule has 2 N–H and O–H groups in total. The average Bonchev–Trinajstić information content (AvgIpc) is 3.06. The third-order valence-corrected chi connectivity index (χ3v) is 8.39. The van der Waals surface area contributed by atoms with Crippen molar-refractivity contribution in [2.24, 2.45) is 0 Å². The van der Waals surface area contributed by atoms with Crippen LogP contribution in [0.15, 0.2) is 95.8 Å². The first-order valence-electron chi connectivity index (χ1n) is 15.1. The zero-order valence-electron chi connectivity index (χ0n) is 25.2. The molecular formula is C37H37N3O4. The molecule has 0 saturated heterocycles. The Kier molecular flexibility index (Phi) is 8.75. The van der Waals surface area contributed by atoms with Crippen molar-refractivity contribution >= 4 is 22.5 Å². The summed E-state index contributed by atoms with van der Waals surface area (Å²) in [6.07, 6.45) is 4.21. The number of hydrogen-bond donors (Lipinski definition) is 2. The van der Waals surface area contributed by atoms with Gasteiger partial charge in [-0.1, -0.05) is 48.5 Å². The van der Waals surface area contributed by atoms with Gasteiger partial charge in [0.2, 0.25) is 0 Å². The number of anilines is 1. The van der Waals surface area contributed by atoms with E-state index in [1.807, 2.05) is 42.5 Å². The van der Waals surface area contributed by atoms with E-state index in [4.69, 9.17) is 9.47 Å². The van der Waals surface area contributed by atoms with E-state index in [1.165, 1.54) is 16.7 Å². The Balaban J connectivity index is 1.04. The van der Waals surface area contributed by atoms with E-state index >= 15 is 0 Å². The molecule has 5 aromatic rings. The van der Waals surface area contributed by atoms with Crippen molar-refractivity contribution in [3.8, 4) is 22.8 Å². The number of rotatable bonds is 10. The number of nitrogens with zero attached hydrogens (tertiary/aromatic N) is 1. The van der Waals surface area contributed by atoms with E-state index in [0.717, 1.165) is 68.1 Å². The van der Waals surface area contributed by atoms with Gasteiger partial charge in [0.05, 0.1) is 25.3 Å². The van der Waals surface area contributed by atoms with Crippen LogP contribution in [0.5, 0.6) is 11.5 Å². The Labute approximate surface area is 257 Å². The minimum absolute atomic E-state index is 0.123. The van der Waals surface area contributed by atoms with Gasteiger partial charge < -0.3 is 19.8 Å². The predicted molar refractivity (Wildman–Crippen MR) is 176 cm³/mol. The van der Waals surface area contributed by atoms with Crippen LogP contribution in [0.2, 0.25) is 0 Å². The van der Waals surface area contributed by atoms with E-state index in [1.54, 1.807) is 38.5 Å². The zero-order valence-corrected chi connectivity index (χ0v) is 25.2. The van der Waals surface area contributed by atoms with Crippen molar-refractivity contribution in [1.82, 2.24) is 9.88 Å². The smallest absolute Gasteiger partial charge is 0.257 e. The Morgan fingerprint density at radius 3 is 2.36 bits per heavy atom. The fourth-order valence-electron chi connectivity index (χ4n) is 5.98. The molecule has 1 aliphatic rings. The fourth-order valence-corrected chi connectivity index (χ4v) is 5.98.